The highest BCUT2D eigenvalue weighted by atomic mass is 32.2. The van der Waals surface area contributed by atoms with Gasteiger partial charge in [0.15, 0.2) is 15.5 Å². The fraction of sp³-hybridized carbons (Fsp3) is 0.480. The molecule has 2 aliphatic rings. The largest absolute Gasteiger partial charge is 0.497 e. The van der Waals surface area contributed by atoms with E-state index < -0.39 is 9.84 Å². The Morgan fingerprint density at radius 2 is 1.88 bits per heavy atom. The third kappa shape index (κ3) is 4.17. The molecule has 2 saturated heterocycles. The van der Waals surface area contributed by atoms with Crippen LogP contribution in [0, 0.1) is 12.8 Å². The first-order chi connectivity index (χ1) is 16.3. The number of benzene rings is 1. The predicted molar refractivity (Wildman–Crippen MR) is 131 cm³/mol. The van der Waals surface area contributed by atoms with Crippen LogP contribution in [-0.2, 0) is 9.84 Å². The highest BCUT2D eigenvalue weighted by Gasteiger charge is 2.33. The van der Waals surface area contributed by atoms with Crippen molar-refractivity contribution in [3.63, 3.8) is 0 Å². The summed E-state index contributed by atoms with van der Waals surface area (Å²) < 4.78 is 31.8. The molecule has 1 atom stereocenters. The normalized spacial score (nSPS) is 20.7. The van der Waals surface area contributed by atoms with E-state index in [0.717, 1.165) is 23.9 Å². The minimum Gasteiger partial charge on any atom is -0.497 e. The van der Waals surface area contributed by atoms with E-state index in [1.807, 2.05) is 46.7 Å². The molecule has 8 nitrogen and oxygen atoms in total. The number of hydrogen-bond acceptors (Lipinski definition) is 6. The Morgan fingerprint density at radius 1 is 1.12 bits per heavy atom. The molecule has 0 radical (unpaired) electrons. The van der Waals surface area contributed by atoms with Crippen molar-refractivity contribution in [1.29, 1.82) is 0 Å². The Labute approximate surface area is 199 Å². The molecule has 2 aromatic heterocycles. The van der Waals surface area contributed by atoms with Crippen molar-refractivity contribution in [2.24, 2.45) is 5.92 Å². The fourth-order valence-electron chi connectivity index (χ4n) is 5.09. The van der Waals surface area contributed by atoms with Gasteiger partial charge >= 0.3 is 0 Å². The molecular formula is C25H30N4O4S. The number of methoxy groups -OCH3 is 1. The zero-order valence-corrected chi connectivity index (χ0v) is 20.6. The highest BCUT2D eigenvalue weighted by Crippen LogP contribution is 2.33. The van der Waals surface area contributed by atoms with Gasteiger partial charge in [0.2, 0.25) is 0 Å². The molecule has 0 spiro atoms. The van der Waals surface area contributed by atoms with Crippen molar-refractivity contribution in [3.8, 4) is 17.0 Å². The van der Waals surface area contributed by atoms with Gasteiger partial charge in [-0.2, -0.15) is 0 Å². The molecule has 1 aromatic carbocycles. The minimum absolute atomic E-state index is 0.0867. The number of aromatic nitrogens is 3. The number of carbonyl (C=O) groups is 1. The van der Waals surface area contributed by atoms with Gasteiger partial charge < -0.3 is 14.2 Å². The molecule has 4 heterocycles. The van der Waals surface area contributed by atoms with Gasteiger partial charge in [-0.05, 0) is 50.3 Å². The summed E-state index contributed by atoms with van der Waals surface area (Å²) in [5, 5.41) is 0. The molecule has 0 saturated carbocycles. The lowest BCUT2D eigenvalue weighted by atomic mass is 9.99. The number of ether oxygens (including phenoxy) is 1. The summed E-state index contributed by atoms with van der Waals surface area (Å²) in [5.41, 5.74) is 3.08. The van der Waals surface area contributed by atoms with Crippen molar-refractivity contribution in [3.05, 3.63) is 41.9 Å². The summed E-state index contributed by atoms with van der Waals surface area (Å²) in [6.45, 7) is 5.48. The number of likely N-dealkylation sites (tertiary alicyclic amines) is 1. The number of amides is 1. The molecule has 9 heteroatoms. The molecule has 0 bridgehead atoms. The SMILES string of the molecule is COc1cccc(-c2cc3c(nc(C)n3[C@H]3CCS(=O)(=O)C3)c(C(=O)N3CCC(C)CC3)n2)c1. The van der Waals surface area contributed by atoms with Crippen molar-refractivity contribution in [1.82, 2.24) is 19.4 Å². The number of carbonyl (C=O) groups excluding carboxylic acids is 1. The van der Waals surface area contributed by atoms with Gasteiger partial charge in [-0.3, -0.25) is 4.79 Å². The molecule has 0 unspecified atom stereocenters. The van der Waals surface area contributed by atoms with Crippen LogP contribution >= 0.6 is 0 Å². The smallest absolute Gasteiger partial charge is 0.274 e. The first kappa shape index (κ1) is 22.8. The summed E-state index contributed by atoms with van der Waals surface area (Å²) in [4.78, 5) is 25.1. The average molecular weight is 483 g/mol. The molecule has 3 aromatic rings. The van der Waals surface area contributed by atoms with Crippen LogP contribution in [-0.4, -0.2) is 65.5 Å². The minimum atomic E-state index is -3.08. The Hall–Kier alpha value is -2.94. The maximum Gasteiger partial charge on any atom is 0.274 e. The molecule has 0 N–H and O–H groups in total. The maximum absolute atomic E-state index is 13.7. The van der Waals surface area contributed by atoms with Crippen molar-refractivity contribution in [2.75, 3.05) is 31.7 Å². The van der Waals surface area contributed by atoms with Crippen molar-refractivity contribution >= 4 is 26.8 Å². The first-order valence-electron chi connectivity index (χ1n) is 11.8. The highest BCUT2D eigenvalue weighted by molar-refractivity contribution is 7.91. The van der Waals surface area contributed by atoms with Crippen LogP contribution in [0.1, 0.15) is 48.5 Å². The number of fused-ring (bicyclic) bond motifs is 1. The van der Waals surface area contributed by atoms with Gasteiger partial charge in [-0.15, -0.1) is 0 Å². The van der Waals surface area contributed by atoms with Gasteiger partial charge in [-0.25, -0.2) is 18.4 Å². The van der Waals surface area contributed by atoms with Gasteiger partial charge in [-0.1, -0.05) is 19.1 Å². The lowest BCUT2D eigenvalue weighted by Gasteiger charge is -2.30. The zero-order valence-electron chi connectivity index (χ0n) is 19.8. The van der Waals surface area contributed by atoms with E-state index in [1.165, 1.54) is 0 Å². The number of imidazole rings is 1. The number of nitrogens with zero attached hydrogens (tertiary/aromatic N) is 4. The van der Waals surface area contributed by atoms with Crippen LogP contribution in [0.15, 0.2) is 30.3 Å². The van der Waals surface area contributed by atoms with E-state index in [0.29, 0.717) is 53.9 Å². The van der Waals surface area contributed by atoms with Crippen LogP contribution in [0.25, 0.3) is 22.3 Å². The van der Waals surface area contributed by atoms with E-state index in [1.54, 1.807) is 7.11 Å². The maximum atomic E-state index is 13.7. The number of aryl methyl sites for hydroxylation is 1. The Bertz CT molecular complexity index is 1360. The molecule has 2 fully saturated rings. The third-order valence-corrected chi connectivity index (χ3v) is 8.82. The summed E-state index contributed by atoms with van der Waals surface area (Å²) in [6, 6.07) is 9.29. The van der Waals surface area contributed by atoms with Crippen LogP contribution < -0.4 is 4.74 Å². The molecule has 180 valence electrons. The van der Waals surface area contributed by atoms with Crippen LogP contribution in [0.2, 0.25) is 0 Å². The molecule has 2 aliphatic heterocycles. The van der Waals surface area contributed by atoms with E-state index in [-0.39, 0.29) is 23.5 Å². The van der Waals surface area contributed by atoms with Crippen LogP contribution in [0.4, 0.5) is 0 Å². The van der Waals surface area contributed by atoms with Crippen LogP contribution in [0.3, 0.4) is 0 Å². The topological polar surface area (TPSA) is 94.4 Å². The lowest BCUT2D eigenvalue weighted by Crippen LogP contribution is -2.38. The number of pyridine rings is 1. The van der Waals surface area contributed by atoms with Crippen LogP contribution in [0.5, 0.6) is 5.75 Å². The summed E-state index contributed by atoms with van der Waals surface area (Å²) >= 11 is 0. The number of rotatable bonds is 4. The Balaban J connectivity index is 1.68. The second kappa shape index (κ2) is 8.69. The number of piperidine rings is 1. The van der Waals surface area contributed by atoms with Gasteiger partial charge in [0.25, 0.3) is 5.91 Å². The van der Waals surface area contributed by atoms with E-state index in [2.05, 4.69) is 6.92 Å². The zero-order chi connectivity index (χ0) is 24.0. The summed E-state index contributed by atoms with van der Waals surface area (Å²) in [7, 11) is -1.47. The summed E-state index contributed by atoms with van der Waals surface area (Å²) in [6.07, 6.45) is 2.48. The number of hydrogen-bond donors (Lipinski definition) is 0. The van der Waals surface area contributed by atoms with Crippen molar-refractivity contribution in [2.45, 2.75) is 39.2 Å². The van der Waals surface area contributed by atoms with E-state index in [4.69, 9.17) is 14.7 Å². The van der Waals surface area contributed by atoms with E-state index in [9.17, 15) is 13.2 Å². The second-order valence-corrected chi connectivity index (χ2v) is 11.7. The predicted octanol–water partition coefficient (Wildman–Crippen LogP) is 3.65. The fourth-order valence-corrected chi connectivity index (χ4v) is 6.79. The Morgan fingerprint density at radius 3 is 2.56 bits per heavy atom. The summed E-state index contributed by atoms with van der Waals surface area (Å²) in [5.74, 6) is 2.13. The monoisotopic (exact) mass is 482 g/mol. The number of sulfone groups is 1. The molecule has 5 rings (SSSR count). The standard InChI is InChI=1S/C25H30N4O4S/c1-16-7-10-28(11-8-16)25(30)24-23-22(14-21(27-24)18-5-4-6-20(13-18)33-3)29(17(2)26-23)19-9-12-34(31,32)15-19/h4-6,13-14,16,19H,7-12,15H2,1-3H3/t19-/m0/s1. The average Bonchev–Trinajstić information content (AvgIpc) is 3.35. The first-order valence-corrected chi connectivity index (χ1v) is 13.6. The Kier molecular flexibility index (Phi) is 5.83. The molecular weight excluding hydrogens is 452 g/mol. The molecule has 0 aliphatic carbocycles. The quantitative estimate of drug-likeness (QED) is 0.563. The van der Waals surface area contributed by atoms with Gasteiger partial charge in [0, 0.05) is 18.7 Å². The third-order valence-electron chi connectivity index (χ3n) is 7.07. The second-order valence-electron chi connectivity index (χ2n) is 9.52. The van der Waals surface area contributed by atoms with Gasteiger partial charge in [0.1, 0.15) is 17.1 Å². The lowest BCUT2D eigenvalue weighted by molar-refractivity contribution is 0.0693. The van der Waals surface area contributed by atoms with Crippen molar-refractivity contribution < 1.29 is 17.9 Å². The molecule has 34 heavy (non-hydrogen) atoms. The molecule has 1 amide bonds. The van der Waals surface area contributed by atoms with Gasteiger partial charge in [0.05, 0.1) is 35.9 Å². The van der Waals surface area contributed by atoms with E-state index >= 15 is 0 Å².